The zero-order valence-electron chi connectivity index (χ0n) is 16.6. The summed E-state index contributed by atoms with van der Waals surface area (Å²) in [7, 11) is 1.45. The van der Waals surface area contributed by atoms with Crippen molar-refractivity contribution in [3.05, 3.63) is 83.9 Å². The number of nitrogens with one attached hydrogen (secondary N) is 1. The minimum Gasteiger partial charge on any atom is -0.497 e. The van der Waals surface area contributed by atoms with Gasteiger partial charge in [-0.1, -0.05) is 24.3 Å². The summed E-state index contributed by atoms with van der Waals surface area (Å²) < 4.78 is 55.7. The number of carbonyl (C=O) groups is 1. The smallest absolute Gasteiger partial charge is 0.416 e. The molecule has 31 heavy (non-hydrogen) atoms. The van der Waals surface area contributed by atoms with Gasteiger partial charge in [-0.25, -0.2) is 0 Å². The molecular formula is C23H20F3NO4. The van der Waals surface area contributed by atoms with Crippen LogP contribution in [0.4, 0.5) is 18.9 Å². The molecule has 0 atom stereocenters. The maximum Gasteiger partial charge on any atom is 0.416 e. The molecule has 1 amide bonds. The van der Waals surface area contributed by atoms with Gasteiger partial charge >= 0.3 is 6.18 Å². The highest BCUT2D eigenvalue weighted by Gasteiger charge is 2.31. The van der Waals surface area contributed by atoms with Gasteiger partial charge in [0.25, 0.3) is 5.91 Å². The Morgan fingerprint density at radius 2 is 1.58 bits per heavy atom. The van der Waals surface area contributed by atoms with Crippen LogP contribution in [0, 0.1) is 0 Å². The Morgan fingerprint density at radius 3 is 2.29 bits per heavy atom. The maximum atomic E-state index is 13.2. The predicted octanol–water partition coefficient (Wildman–Crippen LogP) is 5.42. The minimum atomic E-state index is -4.57. The van der Waals surface area contributed by atoms with Gasteiger partial charge in [0.15, 0.2) is 0 Å². The van der Waals surface area contributed by atoms with Crippen molar-refractivity contribution in [2.24, 2.45) is 0 Å². The first-order valence-corrected chi connectivity index (χ1v) is 9.34. The van der Waals surface area contributed by atoms with Crippen LogP contribution >= 0.6 is 0 Å². The Kier molecular flexibility index (Phi) is 7.02. The van der Waals surface area contributed by atoms with Gasteiger partial charge in [-0.05, 0) is 48.5 Å². The third-order valence-electron chi connectivity index (χ3n) is 4.24. The molecule has 3 aromatic carbocycles. The summed E-state index contributed by atoms with van der Waals surface area (Å²) in [5.41, 5.74) is -0.765. The second-order valence-electron chi connectivity index (χ2n) is 6.40. The number of rotatable bonds is 8. The number of hydrogen-bond donors (Lipinski definition) is 1. The van der Waals surface area contributed by atoms with Crippen molar-refractivity contribution in [3.63, 3.8) is 0 Å². The lowest BCUT2D eigenvalue weighted by atomic mass is 10.1. The number of carbonyl (C=O) groups excluding carboxylic acids is 1. The van der Waals surface area contributed by atoms with Crippen molar-refractivity contribution in [1.82, 2.24) is 0 Å². The van der Waals surface area contributed by atoms with E-state index in [9.17, 15) is 18.0 Å². The van der Waals surface area contributed by atoms with Gasteiger partial charge < -0.3 is 19.5 Å². The number of ether oxygens (including phenoxy) is 3. The van der Waals surface area contributed by atoms with E-state index in [4.69, 9.17) is 14.2 Å². The largest absolute Gasteiger partial charge is 0.497 e. The molecule has 8 heteroatoms. The van der Waals surface area contributed by atoms with E-state index in [0.29, 0.717) is 11.5 Å². The molecule has 0 bridgehead atoms. The van der Waals surface area contributed by atoms with Gasteiger partial charge in [0, 0.05) is 5.56 Å². The summed E-state index contributed by atoms with van der Waals surface area (Å²) in [4.78, 5) is 12.6. The van der Waals surface area contributed by atoms with Crippen molar-refractivity contribution in [3.8, 4) is 17.2 Å². The van der Waals surface area contributed by atoms with Crippen LogP contribution in [0.1, 0.15) is 15.9 Å². The van der Waals surface area contributed by atoms with E-state index in [2.05, 4.69) is 5.32 Å². The molecule has 0 aliphatic rings. The van der Waals surface area contributed by atoms with Gasteiger partial charge in [0.05, 0.1) is 18.4 Å². The first-order chi connectivity index (χ1) is 14.9. The normalized spacial score (nSPS) is 11.0. The number of halogens is 3. The van der Waals surface area contributed by atoms with Gasteiger partial charge in [-0.3, -0.25) is 4.79 Å². The lowest BCUT2D eigenvalue weighted by Gasteiger charge is -2.16. The minimum absolute atomic E-state index is 0.0717. The molecular weight excluding hydrogens is 411 g/mol. The van der Waals surface area contributed by atoms with Crippen LogP contribution < -0.4 is 19.5 Å². The molecule has 0 aliphatic heterocycles. The standard InChI is InChI=1S/C23H20F3NO4/c1-29-19-9-5-6-16(14-19)22(28)27-20-15-17(23(24,25)26)10-11-21(20)31-13-12-30-18-7-3-2-4-8-18/h2-11,14-15H,12-13H2,1H3,(H,27,28). The fourth-order valence-corrected chi connectivity index (χ4v) is 2.72. The topological polar surface area (TPSA) is 56.8 Å². The van der Waals surface area contributed by atoms with Gasteiger partial charge in [0.1, 0.15) is 30.5 Å². The fourth-order valence-electron chi connectivity index (χ4n) is 2.72. The monoisotopic (exact) mass is 431 g/mol. The number of alkyl halides is 3. The van der Waals surface area contributed by atoms with E-state index in [0.717, 1.165) is 12.1 Å². The highest BCUT2D eigenvalue weighted by atomic mass is 19.4. The van der Waals surface area contributed by atoms with Gasteiger partial charge in [-0.2, -0.15) is 13.2 Å². The lowest BCUT2D eigenvalue weighted by molar-refractivity contribution is -0.137. The van der Waals surface area contributed by atoms with Crippen LogP contribution in [0.5, 0.6) is 17.2 Å². The van der Waals surface area contributed by atoms with Crippen LogP contribution in [0.15, 0.2) is 72.8 Å². The number of anilines is 1. The average Bonchev–Trinajstić information content (AvgIpc) is 2.77. The predicted molar refractivity (Wildman–Crippen MR) is 110 cm³/mol. The summed E-state index contributed by atoms with van der Waals surface area (Å²) in [6.07, 6.45) is -4.57. The highest BCUT2D eigenvalue weighted by molar-refractivity contribution is 6.05. The van der Waals surface area contributed by atoms with E-state index in [-0.39, 0.29) is 30.2 Å². The van der Waals surface area contributed by atoms with Crippen LogP contribution in [0.25, 0.3) is 0 Å². The molecule has 162 valence electrons. The Labute approximate surface area is 177 Å². The van der Waals surface area contributed by atoms with E-state index in [1.165, 1.54) is 25.3 Å². The molecule has 0 fully saturated rings. The number of benzene rings is 3. The van der Waals surface area contributed by atoms with Crippen molar-refractivity contribution < 1.29 is 32.2 Å². The summed E-state index contributed by atoms with van der Waals surface area (Å²) in [6.45, 7) is 0.247. The molecule has 0 unspecified atom stereocenters. The molecule has 3 rings (SSSR count). The van der Waals surface area contributed by atoms with E-state index < -0.39 is 17.6 Å². The molecule has 0 spiro atoms. The quantitative estimate of drug-likeness (QED) is 0.484. The van der Waals surface area contributed by atoms with E-state index in [1.807, 2.05) is 18.2 Å². The first-order valence-electron chi connectivity index (χ1n) is 9.34. The molecule has 0 saturated heterocycles. The molecule has 0 saturated carbocycles. The molecule has 0 heterocycles. The Hall–Kier alpha value is -3.68. The van der Waals surface area contributed by atoms with Crippen molar-refractivity contribution in [2.45, 2.75) is 6.18 Å². The van der Waals surface area contributed by atoms with Gasteiger partial charge in [-0.15, -0.1) is 0 Å². The van der Waals surface area contributed by atoms with E-state index in [1.54, 1.807) is 24.3 Å². The average molecular weight is 431 g/mol. The van der Waals surface area contributed by atoms with E-state index >= 15 is 0 Å². The van der Waals surface area contributed by atoms with Crippen LogP contribution in [0.3, 0.4) is 0 Å². The fraction of sp³-hybridized carbons (Fsp3) is 0.174. The second kappa shape index (κ2) is 9.88. The number of para-hydroxylation sites is 1. The van der Waals surface area contributed by atoms with Crippen LogP contribution in [-0.2, 0) is 6.18 Å². The number of amides is 1. The van der Waals surface area contributed by atoms with Gasteiger partial charge in [0.2, 0.25) is 0 Å². The summed E-state index contributed by atoms with van der Waals surface area (Å²) in [6, 6.07) is 18.2. The SMILES string of the molecule is COc1cccc(C(=O)Nc2cc(C(F)(F)F)ccc2OCCOc2ccccc2)c1. The maximum absolute atomic E-state index is 13.2. The number of hydrogen-bond acceptors (Lipinski definition) is 4. The third kappa shape index (κ3) is 6.15. The van der Waals surface area contributed by atoms with Crippen molar-refractivity contribution in [2.75, 3.05) is 25.6 Å². The Bertz CT molecular complexity index is 1020. The van der Waals surface area contributed by atoms with Crippen LogP contribution in [-0.4, -0.2) is 26.2 Å². The Balaban J connectivity index is 1.74. The molecule has 3 aromatic rings. The first kappa shape index (κ1) is 22.0. The Morgan fingerprint density at radius 1 is 0.871 bits per heavy atom. The lowest BCUT2D eigenvalue weighted by Crippen LogP contribution is -2.16. The molecule has 0 aliphatic carbocycles. The third-order valence-corrected chi connectivity index (χ3v) is 4.24. The number of methoxy groups -OCH3 is 1. The summed E-state index contributed by atoms with van der Waals surface area (Å²) in [5, 5.41) is 2.49. The second-order valence-corrected chi connectivity index (χ2v) is 6.40. The summed E-state index contributed by atoms with van der Waals surface area (Å²) in [5.74, 6) is 0.598. The zero-order valence-corrected chi connectivity index (χ0v) is 16.6. The van der Waals surface area contributed by atoms with Crippen molar-refractivity contribution >= 4 is 11.6 Å². The van der Waals surface area contributed by atoms with Crippen LogP contribution in [0.2, 0.25) is 0 Å². The van der Waals surface area contributed by atoms with Crippen molar-refractivity contribution in [1.29, 1.82) is 0 Å². The summed E-state index contributed by atoms with van der Waals surface area (Å²) >= 11 is 0. The highest BCUT2D eigenvalue weighted by Crippen LogP contribution is 2.35. The zero-order chi connectivity index (χ0) is 22.3. The molecule has 1 N–H and O–H groups in total. The molecule has 0 aromatic heterocycles. The molecule has 5 nitrogen and oxygen atoms in total. The molecule has 0 radical (unpaired) electrons.